The van der Waals surface area contributed by atoms with Gasteiger partial charge in [-0.15, -0.1) is 0 Å². The van der Waals surface area contributed by atoms with Crippen LogP contribution in [-0.2, 0) is 14.2 Å². The molecule has 0 N–H and O–H groups in total. The fourth-order valence-corrected chi connectivity index (χ4v) is 1.57. The second kappa shape index (κ2) is 13.1. The molecule has 0 unspecified atom stereocenters. The first-order valence-corrected chi connectivity index (χ1v) is 7.35. The van der Waals surface area contributed by atoms with E-state index in [9.17, 15) is 10.1 Å². The second-order valence-electron chi connectivity index (χ2n) is 4.39. The van der Waals surface area contributed by atoms with Gasteiger partial charge in [-0.05, 0) is 17.7 Å². The van der Waals surface area contributed by atoms with E-state index in [-0.39, 0.29) is 5.69 Å². The molecule has 0 aliphatic rings. The van der Waals surface area contributed by atoms with Crippen LogP contribution in [0, 0.1) is 10.1 Å². The van der Waals surface area contributed by atoms with Gasteiger partial charge in [0.2, 0.25) is 0 Å². The average molecular weight is 340 g/mol. The standard InChI is InChI=1S/C14H20N4O6/c15-17-16-5-6-21-7-8-22-9-10-23-11-12-24-14-3-1-13(2-4-14)18(19)20/h1-4H,5-12H2. The normalized spacial score (nSPS) is 10.2. The Morgan fingerprint density at radius 3 is 2.04 bits per heavy atom. The maximum absolute atomic E-state index is 10.5. The Morgan fingerprint density at radius 1 is 0.958 bits per heavy atom. The number of benzene rings is 1. The van der Waals surface area contributed by atoms with Gasteiger partial charge in [0.25, 0.3) is 5.69 Å². The van der Waals surface area contributed by atoms with Crippen LogP contribution in [0.25, 0.3) is 10.4 Å². The highest BCUT2D eigenvalue weighted by Crippen LogP contribution is 2.16. The molecule has 132 valence electrons. The Bertz CT molecular complexity index is 519. The van der Waals surface area contributed by atoms with Crippen molar-refractivity contribution in [2.45, 2.75) is 0 Å². The summed E-state index contributed by atoms with van der Waals surface area (Å²) in [6.45, 7) is 3.18. The first kappa shape index (κ1) is 19.7. The fraction of sp³-hybridized carbons (Fsp3) is 0.571. The lowest BCUT2D eigenvalue weighted by Crippen LogP contribution is -2.13. The first-order valence-electron chi connectivity index (χ1n) is 7.35. The highest BCUT2D eigenvalue weighted by molar-refractivity contribution is 5.35. The monoisotopic (exact) mass is 340 g/mol. The lowest BCUT2D eigenvalue weighted by Gasteiger charge is -2.08. The lowest BCUT2D eigenvalue weighted by atomic mass is 10.3. The number of nitro groups is 1. The van der Waals surface area contributed by atoms with Crippen LogP contribution in [0.1, 0.15) is 0 Å². The van der Waals surface area contributed by atoms with Gasteiger partial charge in [0.1, 0.15) is 12.4 Å². The van der Waals surface area contributed by atoms with Crippen molar-refractivity contribution in [3.05, 3.63) is 44.8 Å². The zero-order valence-electron chi connectivity index (χ0n) is 13.2. The van der Waals surface area contributed by atoms with Gasteiger partial charge >= 0.3 is 0 Å². The molecule has 0 spiro atoms. The van der Waals surface area contributed by atoms with Gasteiger partial charge in [-0.25, -0.2) is 0 Å². The summed E-state index contributed by atoms with van der Waals surface area (Å²) >= 11 is 0. The number of azide groups is 1. The Kier molecular flexibility index (Phi) is 10.7. The van der Waals surface area contributed by atoms with E-state index in [1.807, 2.05) is 0 Å². The number of hydrogen-bond donors (Lipinski definition) is 0. The SMILES string of the molecule is [N-]=[N+]=NCCOCCOCCOCCOc1ccc([N+](=O)[O-])cc1. The highest BCUT2D eigenvalue weighted by Gasteiger charge is 2.03. The van der Waals surface area contributed by atoms with E-state index >= 15 is 0 Å². The quantitative estimate of drug-likeness (QED) is 0.128. The molecule has 0 amide bonds. The molecular weight excluding hydrogens is 320 g/mol. The molecule has 0 heterocycles. The summed E-state index contributed by atoms with van der Waals surface area (Å²) in [4.78, 5) is 12.7. The molecule has 1 rings (SSSR count). The van der Waals surface area contributed by atoms with Crippen molar-refractivity contribution in [2.24, 2.45) is 5.11 Å². The molecule has 0 saturated heterocycles. The maximum Gasteiger partial charge on any atom is 0.269 e. The van der Waals surface area contributed by atoms with Crippen molar-refractivity contribution in [3.63, 3.8) is 0 Å². The summed E-state index contributed by atoms with van der Waals surface area (Å²) in [5, 5.41) is 13.8. The van der Waals surface area contributed by atoms with E-state index in [4.69, 9.17) is 24.5 Å². The third-order valence-electron chi connectivity index (χ3n) is 2.69. The summed E-state index contributed by atoms with van der Waals surface area (Å²) in [6, 6.07) is 5.86. The van der Waals surface area contributed by atoms with E-state index in [1.165, 1.54) is 12.1 Å². The van der Waals surface area contributed by atoms with Gasteiger partial charge in [-0.1, -0.05) is 5.11 Å². The zero-order chi connectivity index (χ0) is 17.5. The Morgan fingerprint density at radius 2 is 1.50 bits per heavy atom. The van der Waals surface area contributed by atoms with E-state index in [0.717, 1.165) is 0 Å². The summed E-state index contributed by atoms with van der Waals surface area (Å²) in [5.74, 6) is 0.554. The predicted molar refractivity (Wildman–Crippen MR) is 85.1 cm³/mol. The molecule has 0 atom stereocenters. The molecule has 0 bridgehead atoms. The first-order chi connectivity index (χ1) is 11.7. The van der Waals surface area contributed by atoms with Crippen molar-refractivity contribution in [2.75, 3.05) is 52.8 Å². The smallest absolute Gasteiger partial charge is 0.269 e. The summed E-state index contributed by atoms with van der Waals surface area (Å²) in [5.41, 5.74) is 8.08. The van der Waals surface area contributed by atoms with Crippen LogP contribution < -0.4 is 4.74 Å². The van der Waals surface area contributed by atoms with Crippen LogP contribution in [0.3, 0.4) is 0 Å². The maximum atomic E-state index is 10.5. The molecule has 1 aromatic rings. The highest BCUT2D eigenvalue weighted by atomic mass is 16.6. The van der Waals surface area contributed by atoms with Gasteiger partial charge in [0.05, 0.1) is 44.6 Å². The van der Waals surface area contributed by atoms with E-state index in [1.54, 1.807) is 12.1 Å². The number of nitrogens with zero attached hydrogens (tertiary/aromatic N) is 4. The Hall–Kier alpha value is -2.39. The topological polar surface area (TPSA) is 129 Å². The molecule has 0 aromatic heterocycles. The number of ether oxygens (including phenoxy) is 4. The largest absolute Gasteiger partial charge is 0.491 e. The van der Waals surface area contributed by atoms with E-state index < -0.39 is 4.92 Å². The van der Waals surface area contributed by atoms with Crippen LogP contribution in [0.4, 0.5) is 5.69 Å². The van der Waals surface area contributed by atoms with Crippen LogP contribution in [0.2, 0.25) is 0 Å². The summed E-state index contributed by atoms with van der Waals surface area (Å²) < 4.78 is 21.2. The van der Waals surface area contributed by atoms with Gasteiger partial charge < -0.3 is 18.9 Å². The van der Waals surface area contributed by atoms with E-state index in [2.05, 4.69) is 10.0 Å². The number of hydrogen-bond acceptors (Lipinski definition) is 7. The third-order valence-corrected chi connectivity index (χ3v) is 2.69. The van der Waals surface area contributed by atoms with Crippen molar-refractivity contribution in [1.29, 1.82) is 0 Å². The van der Waals surface area contributed by atoms with Crippen molar-refractivity contribution in [3.8, 4) is 5.75 Å². The molecule has 0 aliphatic carbocycles. The molecular formula is C14H20N4O6. The van der Waals surface area contributed by atoms with Crippen LogP contribution in [0.15, 0.2) is 29.4 Å². The van der Waals surface area contributed by atoms with Crippen LogP contribution >= 0.6 is 0 Å². The summed E-state index contributed by atoms with van der Waals surface area (Å²) in [6.07, 6.45) is 0. The van der Waals surface area contributed by atoms with Crippen LogP contribution in [-0.4, -0.2) is 57.7 Å². The molecule has 0 fully saturated rings. The Labute approximate surface area is 139 Å². The minimum Gasteiger partial charge on any atom is -0.491 e. The van der Waals surface area contributed by atoms with Gasteiger partial charge in [0, 0.05) is 23.6 Å². The molecule has 1 aromatic carbocycles. The third kappa shape index (κ3) is 9.59. The molecule has 0 aliphatic heterocycles. The second-order valence-corrected chi connectivity index (χ2v) is 4.39. The predicted octanol–water partition coefficient (Wildman–Crippen LogP) is 2.33. The fourth-order valence-electron chi connectivity index (χ4n) is 1.57. The van der Waals surface area contributed by atoms with Crippen LogP contribution in [0.5, 0.6) is 5.75 Å². The molecule has 0 radical (unpaired) electrons. The van der Waals surface area contributed by atoms with Crippen molar-refractivity contribution in [1.82, 2.24) is 0 Å². The molecule has 10 nitrogen and oxygen atoms in total. The molecule has 10 heteroatoms. The van der Waals surface area contributed by atoms with Crippen molar-refractivity contribution < 1.29 is 23.9 Å². The molecule has 24 heavy (non-hydrogen) atoms. The molecule has 0 saturated carbocycles. The Balaban J connectivity index is 1.90. The summed E-state index contributed by atoms with van der Waals surface area (Å²) in [7, 11) is 0. The zero-order valence-corrected chi connectivity index (χ0v) is 13.2. The lowest BCUT2D eigenvalue weighted by molar-refractivity contribution is -0.384. The number of nitro benzene ring substituents is 1. The van der Waals surface area contributed by atoms with E-state index in [0.29, 0.717) is 58.5 Å². The minimum absolute atomic E-state index is 0.0255. The van der Waals surface area contributed by atoms with Gasteiger partial charge in [-0.3, -0.25) is 10.1 Å². The number of rotatable bonds is 14. The van der Waals surface area contributed by atoms with Gasteiger partial charge in [0.15, 0.2) is 0 Å². The van der Waals surface area contributed by atoms with Crippen molar-refractivity contribution >= 4 is 5.69 Å². The minimum atomic E-state index is -0.460. The average Bonchev–Trinajstić information content (AvgIpc) is 2.59. The van der Waals surface area contributed by atoms with Gasteiger partial charge in [-0.2, -0.15) is 0 Å². The number of non-ortho nitro benzene ring substituents is 1.